The summed E-state index contributed by atoms with van der Waals surface area (Å²) in [7, 11) is 1.73. The van der Waals surface area contributed by atoms with Crippen molar-refractivity contribution < 1.29 is 18.7 Å². The van der Waals surface area contributed by atoms with E-state index in [2.05, 4.69) is 0 Å². The number of hydrogen-bond acceptors (Lipinski definition) is 4. The van der Waals surface area contributed by atoms with Crippen molar-refractivity contribution in [1.29, 1.82) is 0 Å². The van der Waals surface area contributed by atoms with Crippen molar-refractivity contribution in [3.8, 4) is 0 Å². The zero-order chi connectivity index (χ0) is 20.0. The van der Waals surface area contributed by atoms with Crippen molar-refractivity contribution in [3.05, 3.63) is 30.1 Å². The van der Waals surface area contributed by atoms with Gasteiger partial charge in [-0.05, 0) is 51.7 Å². The van der Waals surface area contributed by atoms with Crippen molar-refractivity contribution in [1.82, 2.24) is 9.80 Å². The van der Waals surface area contributed by atoms with Crippen LogP contribution in [0.1, 0.15) is 33.6 Å². The molecule has 1 aromatic rings. The van der Waals surface area contributed by atoms with Crippen molar-refractivity contribution >= 4 is 23.8 Å². The number of benzene rings is 1. The molecule has 1 fully saturated rings. The van der Waals surface area contributed by atoms with E-state index in [-0.39, 0.29) is 29.5 Å². The first-order valence-corrected chi connectivity index (χ1v) is 10.2. The van der Waals surface area contributed by atoms with Crippen LogP contribution in [0.25, 0.3) is 0 Å². The number of carbonyl (C=O) groups is 2. The normalized spacial score (nSPS) is 17.5. The van der Waals surface area contributed by atoms with E-state index in [1.54, 1.807) is 30.1 Å². The summed E-state index contributed by atoms with van der Waals surface area (Å²) in [4.78, 5) is 28.5. The van der Waals surface area contributed by atoms with Gasteiger partial charge in [-0.1, -0.05) is 12.1 Å². The minimum atomic E-state index is -0.524. The Balaban J connectivity index is 1.83. The molecule has 0 N–H and O–H groups in total. The second-order valence-corrected chi connectivity index (χ2v) is 8.95. The molecule has 1 aromatic carbocycles. The molecular weight excluding hydrogens is 367 g/mol. The van der Waals surface area contributed by atoms with Gasteiger partial charge in [0.1, 0.15) is 11.4 Å². The molecule has 1 atom stereocenters. The van der Waals surface area contributed by atoms with Gasteiger partial charge < -0.3 is 14.5 Å². The molecule has 0 aromatic heterocycles. The highest BCUT2D eigenvalue weighted by atomic mass is 32.2. The fourth-order valence-electron chi connectivity index (χ4n) is 3.03. The van der Waals surface area contributed by atoms with E-state index in [4.69, 9.17) is 4.74 Å². The number of likely N-dealkylation sites (tertiary alicyclic amines) is 1. The number of nitrogens with zero attached hydrogens (tertiary/aromatic N) is 2. The average molecular weight is 397 g/mol. The Hall–Kier alpha value is -1.76. The lowest BCUT2D eigenvalue weighted by Crippen LogP contribution is -2.45. The highest BCUT2D eigenvalue weighted by molar-refractivity contribution is 8.00. The minimum Gasteiger partial charge on any atom is -0.444 e. The maximum Gasteiger partial charge on any atom is 0.410 e. The number of rotatable bonds is 5. The van der Waals surface area contributed by atoms with E-state index in [0.29, 0.717) is 24.5 Å². The van der Waals surface area contributed by atoms with Gasteiger partial charge >= 0.3 is 6.09 Å². The Labute approximate surface area is 165 Å². The lowest BCUT2D eigenvalue weighted by atomic mass is 9.97. The fourth-order valence-corrected chi connectivity index (χ4v) is 3.88. The zero-order valence-corrected chi connectivity index (χ0v) is 17.4. The smallest absolute Gasteiger partial charge is 0.410 e. The number of amides is 2. The van der Waals surface area contributed by atoms with Crippen molar-refractivity contribution in [2.75, 3.05) is 32.4 Å². The van der Waals surface area contributed by atoms with Crippen molar-refractivity contribution in [2.45, 2.75) is 44.1 Å². The van der Waals surface area contributed by atoms with Gasteiger partial charge in [-0.25, -0.2) is 9.18 Å². The van der Waals surface area contributed by atoms with Gasteiger partial charge in [-0.15, -0.1) is 11.8 Å². The third-order valence-corrected chi connectivity index (χ3v) is 5.33. The highest BCUT2D eigenvalue weighted by Crippen LogP contribution is 2.23. The standard InChI is InChI=1S/C20H29FN2O3S/c1-20(2,3)26-19(25)22(4)12-15-8-7-11-23(13-15)18(24)14-27-17-10-6-5-9-16(17)21/h5-6,9-10,15H,7-8,11-14H2,1-4H3. The van der Waals surface area contributed by atoms with E-state index in [0.717, 1.165) is 12.8 Å². The van der Waals surface area contributed by atoms with Crippen LogP contribution in [0.15, 0.2) is 29.2 Å². The third-order valence-electron chi connectivity index (χ3n) is 4.30. The molecular formula is C20H29FN2O3S. The van der Waals surface area contributed by atoms with Crippen LogP contribution in [-0.2, 0) is 9.53 Å². The summed E-state index contributed by atoms with van der Waals surface area (Å²) in [6.07, 6.45) is 1.53. The van der Waals surface area contributed by atoms with Gasteiger partial charge in [0.2, 0.25) is 5.91 Å². The molecule has 1 aliphatic heterocycles. The lowest BCUT2D eigenvalue weighted by molar-refractivity contribution is -0.130. The van der Waals surface area contributed by atoms with Crippen molar-refractivity contribution in [3.63, 3.8) is 0 Å². The van der Waals surface area contributed by atoms with Crippen LogP contribution in [0.3, 0.4) is 0 Å². The first-order valence-electron chi connectivity index (χ1n) is 9.25. The molecule has 1 unspecified atom stereocenters. The van der Waals surface area contributed by atoms with Gasteiger partial charge in [0.05, 0.1) is 5.75 Å². The predicted octanol–water partition coefficient (Wildman–Crippen LogP) is 4.02. The van der Waals surface area contributed by atoms with E-state index in [1.165, 1.54) is 17.8 Å². The van der Waals surface area contributed by atoms with E-state index < -0.39 is 5.60 Å². The number of halogens is 1. The predicted molar refractivity (Wildman–Crippen MR) is 105 cm³/mol. The first kappa shape index (κ1) is 21.5. The van der Waals surface area contributed by atoms with Gasteiger partial charge in [0.25, 0.3) is 0 Å². The first-order chi connectivity index (χ1) is 12.7. The Bertz CT molecular complexity index is 663. The summed E-state index contributed by atoms with van der Waals surface area (Å²) < 4.78 is 19.1. The van der Waals surface area contributed by atoms with Gasteiger partial charge in [-0.2, -0.15) is 0 Å². The quantitative estimate of drug-likeness (QED) is 0.706. The topological polar surface area (TPSA) is 49.9 Å². The SMILES string of the molecule is CN(CC1CCCN(C(=O)CSc2ccccc2F)C1)C(=O)OC(C)(C)C. The monoisotopic (exact) mass is 396 g/mol. The second kappa shape index (κ2) is 9.44. The number of thioether (sulfide) groups is 1. The van der Waals surface area contributed by atoms with Crippen LogP contribution in [0.2, 0.25) is 0 Å². The molecule has 1 heterocycles. The molecule has 1 aliphatic rings. The van der Waals surface area contributed by atoms with Gasteiger partial charge in [0, 0.05) is 31.6 Å². The molecule has 0 spiro atoms. The largest absolute Gasteiger partial charge is 0.444 e. The van der Waals surface area contributed by atoms with E-state index in [9.17, 15) is 14.0 Å². The van der Waals surface area contributed by atoms with Crippen LogP contribution in [0.4, 0.5) is 9.18 Å². The molecule has 5 nitrogen and oxygen atoms in total. The molecule has 27 heavy (non-hydrogen) atoms. The molecule has 1 saturated heterocycles. The number of carbonyl (C=O) groups excluding carboxylic acids is 2. The van der Waals surface area contributed by atoms with Crippen LogP contribution in [0.5, 0.6) is 0 Å². The second-order valence-electron chi connectivity index (χ2n) is 7.93. The Kier molecular flexibility index (Phi) is 7.53. The van der Waals surface area contributed by atoms with Crippen LogP contribution < -0.4 is 0 Å². The fraction of sp³-hybridized carbons (Fsp3) is 0.600. The number of hydrogen-bond donors (Lipinski definition) is 0. The maximum atomic E-state index is 13.7. The summed E-state index contributed by atoms with van der Waals surface area (Å²) >= 11 is 1.22. The Morgan fingerprint density at radius 1 is 1.33 bits per heavy atom. The number of ether oxygens (including phenoxy) is 1. The van der Waals surface area contributed by atoms with Crippen LogP contribution in [-0.4, -0.2) is 59.8 Å². The molecule has 2 rings (SSSR count). The summed E-state index contributed by atoms with van der Waals surface area (Å²) in [5.74, 6) is 0.146. The molecule has 0 bridgehead atoms. The third kappa shape index (κ3) is 7.05. The lowest BCUT2D eigenvalue weighted by Gasteiger charge is -2.35. The summed E-state index contributed by atoms with van der Waals surface area (Å²) in [5, 5.41) is 0. The van der Waals surface area contributed by atoms with Crippen LogP contribution >= 0.6 is 11.8 Å². The minimum absolute atomic E-state index is 0.00729. The van der Waals surface area contributed by atoms with Gasteiger partial charge in [0.15, 0.2) is 0 Å². The molecule has 0 radical (unpaired) electrons. The number of piperidine rings is 1. The van der Waals surface area contributed by atoms with E-state index in [1.807, 2.05) is 25.7 Å². The molecule has 7 heteroatoms. The maximum absolute atomic E-state index is 13.7. The molecule has 0 saturated carbocycles. The summed E-state index contributed by atoms with van der Waals surface area (Å²) in [5.41, 5.74) is -0.524. The highest BCUT2D eigenvalue weighted by Gasteiger charge is 2.27. The van der Waals surface area contributed by atoms with Crippen molar-refractivity contribution in [2.24, 2.45) is 5.92 Å². The average Bonchev–Trinajstić information content (AvgIpc) is 2.59. The molecule has 2 amide bonds. The Morgan fingerprint density at radius 2 is 2.04 bits per heavy atom. The summed E-state index contributed by atoms with van der Waals surface area (Å²) in [6, 6.07) is 6.48. The molecule has 150 valence electrons. The zero-order valence-electron chi connectivity index (χ0n) is 16.5. The Morgan fingerprint density at radius 3 is 2.70 bits per heavy atom. The van der Waals surface area contributed by atoms with E-state index >= 15 is 0 Å². The molecule has 0 aliphatic carbocycles. The van der Waals surface area contributed by atoms with Crippen LogP contribution in [0, 0.1) is 11.7 Å². The van der Waals surface area contributed by atoms with Gasteiger partial charge in [-0.3, -0.25) is 4.79 Å². The summed E-state index contributed by atoms with van der Waals surface area (Å²) in [6.45, 7) is 7.40.